The van der Waals surface area contributed by atoms with Gasteiger partial charge in [-0.1, -0.05) is 32.9 Å². The first-order chi connectivity index (χ1) is 15.3. The van der Waals surface area contributed by atoms with Crippen LogP contribution in [0.2, 0.25) is 0 Å². The fourth-order valence-electron chi connectivity index (χ4n) is 3.83. The van der Waals surface area contributed by atoms with Crippen LogP contribution < -0.4 is 0 Å². The third-order valence-corrected chi connectivity index (χ3v) is 7.33. The third kappa shape index (κ3) is 5.85. The molecule has 0 radical (unpaired) electrons. The van der Waals surface area contributed by atoms with Gasteiger partial charge in [0.05, 0.1) is 27.9 Å². The molecule has 0 spiro atoms. The Morgan fingerprint density at radius 2 is 1.88 bits per heavy atom. The van der Waals surface area contributed by atoms with E-state index >= 15 is 0 Å². The minimum Gasteiger partial charge on any atom is -0.337 e. The number of hydrogen-bond donors (Lipinski definition) is 0. The second-order valence-corrected chi connectivity index (χ2v) is 11.1. The maximum absolute atomic E-state index is 13.1. The summed E-state index contributed by atoms with van der Waals surface area (Å²) >= 11 is 5.16. The maximum Gasteiger partial charge on any atom is 0.253 e. The quantitative estimate of drug-likeness (QED) is 0.489. The zero-order valence-corrected chi connectivity index (χ0v) is 21.3. The summed E-state index contributed by atoms with van der Waals surface area (Å²) in [7, 11) is 0. The molecule has 32 heavy (non-hydrogen) atoms. The molecule has 170 valence electrons. The van der Waals surface area contributed by atoms with Crippen molar-refractivity contribution in [1.29, 1.82) is 0 Å². The van der Waals surface area contributed by atoms with Gasteiger partial charge in [0.25, 0.3) is 5.91 Å². The number of benzene rings is 1. The van der Waals surface area contributed by atoms with Crippen LogP contribution in [0.15, 0.2) is 46.5 Å². The summed E-state index contributed by atoms with van der Waals surface area (Å²) in [5.74, 6) is 0.115. The van der Waals surface area contributed by atoms with E-state index in [0.29, 0.717) is 6.54 Å². The van der Waals surface area contributed by atoms with Gasteiger partial charge in [0.15, 0.2) is 0 Å². The molecule has 0 aliphatic carbocycles. The van der Waals surface area contributed by atoms with Gasteiger partial charge in [-0.05, 0) is 40.0 Å². The molecule has 0 unspecified atom stereocenters. The fourth-order valence-corrected chi connectivity index (χ4v) is 5.06. The van der Waals surface area contributed by atoms with Crippen LogP contribution in [0.1, 0.15) is 53.8 Å². The van der Waals surface area contributed by atoms with E-state index in [9.17, 15) is 4.79 Å². The average molecular weight is 517 g/mol. The maximum atomic E-state index is 13.1. The van der Waals surface area contributed by atoms with Gasteiger partial charge in [-0.3, -0.25) is 14.4 Å². The number of aromatic nitrogens is 3. The molecule has 1 aliphatic rings. The van der Waals surface area contributed by atoms with Gasteiger partial charge < -0.3 is 4.90 Å². The van der Waals surface area contributed by atoms with Gasteiger partial charge in [0, 0.05) is 55.3 Å². The summed E-state index contributed by atoms with van der Waals surface area (Å²) in [4.78, 5) is 22.3. The van der Waals surface area contributed by atoms with Crippen molar-refractivity contribution in [3.63, 3.8) is 0 Å². The van der Waals surface area contributed by atoms with Crippen LogP contribution >= 0.6 is 27.3 Å². The Bertz CT molecular complexity index is 1050. The number of halogens is 1. The summed E-state index contributed by atoms with van der Waals surface area (Å²) in [5, 5.41) is 7.65. The molecule has 1 aliphatic heterocycles. The molecule has 0 saturated carbocycles. The molecular weight excluding hydrogens is 486 g/mol. The van der Waals surface area contributed by atoms with Crippen LogP contribution in [0.3, 0.4) is 0 Å². The van der Waals surface area contributed by atoms with Crippen LogP contribution in [0.5, 0.6) is 0 Å². The van der Waals surface area contributed by atoms with E-state index < -0.39 is 0 Å². The smallest absolute Gasteiger partial charge is 0.253 e. The van der Waals surface area contributed by atoms with Crippen molar-refractivity contribution in [1.82, 2.24) is 24.6 Å². The lowest BCUT2D eigenvalue weighted by molar-refractivity contribution is 0.0761. The second-order valence-electron chi connectivity index (χ2n) is 9.37. The fraction of sp³-hybridized carbons (Fsp3) is 0.458. The summed E-state index contributed by atoms with van der Waals surface area (Å²) in [5.41, 5.74) is 3.10. The molecule has 3 aromatic rings. The van der Waals surface area contributed by atoms with Crippen LogP contribution in [-0.2, 0) is 18.5 Å². The second kappa shape index (κ2) is 9.85. The van der Waals surface area contributed by atoms with Crippen molar-refractivity contribution >= 4 is 33.2 Å². The molecular formula is C24H30BrN5OS. The zero-order chi connectivity index (χ0) is 22.7. The number of amides is 1. The Labute approximate surface area is 202 Å². The largest absolute Gasteiger partial charge is 0.337 e. The van der Waals surface area contributed by atoms with Crippen molar-refractivity contribution in [3.8, 4) is 0 Å². The molecule has 0 atom stereocenters. The standard InChI is InChI=1S/C24H30BrN5OS/c1-24(2,3)23-27-21(17-32-23)16-28-9-4-10-29(12-11-28)22(31)19-7-5-18(6-8-19)14-30-15-20(25)13-26-30/h5-8,13,15,17H,4,9-12,14,16H2,1-3H3. The van der Waals surface area contributed by atoms with Crippen molar-refractivity contribution in [2.75, 3.05) is 26.2 Å². The monoisotopic (exact) mass is 515 g/mol. The normalized spacial score (nSPS) is 15.7. The predicted molar refractivity (Wildman–Crippen MR) is 132 cm³/mol. The first kappa shape index (κ1) is 23.1. The summed E-state index contributed by atoms with van der Waals surface area (Å²) in [6.07, 6.45) is 4.70. The lowest BCUT2D eigenvalue weighted by Gasteiger charge is -2.22. The Hall–Kier alpha value is -2.03. The highest BCUT2D eigenvalue weighted by Gasteiger charge is 2.22. The first-order valence-electron chi connectivity index (χ1n) is 11.0. The van der Waals surface area contributed by atoms with Crippen molar-refractivity contribution in [2.24, 2.45) is 0 Å². The van der Waals surface area contributed by atoms with Crippen molar-refractivity contribution < 1.29 is 4.79 Å². The third-order valence-electron chi connectivity index (χ3n) is 5.60. The van der Waals surface area contributed by atoms with E-state index in [-0.39, 0.29) is 11.3 Å². The number of carbonyl (C=O) groups excluding carboxylic acids is 1. The van der Waals surface area contributed by atoms with Crippen molar-refractivity contribution in [3.05, 3.63) is 68.3 Å². The Morgan fingerprint density at radius 1 is 1.09 bits per heavy atom. The molecule has 1 saturated heterocycles. The molecule has 1 amide bonds. The minimum atomic E-state index is 0.0930. The van der Waals surface area contributed by atoms with E-state index in [1.807, 2.05) is 40.0 Å². The van der Waals surface area contributed by atoms with E-state index in [4.69, 9.17) is 4.98 Å². The molecule has 1 aromatic carbocycles. The molecule has 1 fully saturated rings. The van der Waals surface area contributed by atoms with Crippen LogP contribution in [0.4, 0.5) is 0 Å². The Balaban J connectivity index is 1.32. The van der Waals surface area contributed by atoms with Crippen LogP contribution in [0.25, 0.3) is 0 Å². The van der Waals surface area contributed by atoms with Gasteiger partial charge in [-0.25, -0.2) is 4.98 Å². The van der Waals surface area contributed by atoms with Gasteiger partial charge >= 0.3 is 0 Å². The average Bonchev–Trinajstić information content (AvgIpc) is 3.32. The van der Waals surface area contributed by atoms with Crippen LogP contribution in [0, 0.1) is 0 Å². The highest BCUT2D eigenvalue weighted by Crippen LogP contribution is 2.26. The number of thiazole rings is 1. The lowest BCUT2D eigenvalue weighted by atomic mass is 9.98. The van der Waals surface area contributed by atoms with Gasteiger partial charge in [0.1, 0.15) is 0 Å². The number of carbonyl (C=O) groups is 1. The summed E-state index contributed by atoms with van der Waals surface area (Å²) < 4.78 is 2.83. The Kier molecular flexibility index (Phi) is 7.12. The van der Waals surface area contributed by atoms with E-state index in [1.54, 1.807) is 17.5 Å². The van der Waals surface area contributed by atoms with E-state index in [2.05, 4.69) is 52.1 Å². The van der Waals surface area contributed by atoms with Crippen molar-refractivity contribution in [2.45, 2.75) is 45.7 Å². The van der Waals surface area contributed by atoms with Gasteiger partial charge in [-0.2, -0.15) is 5.10 Å². The minimum absolute atomic E-state index is 0.0930. The Morgan fingerprint density at radius 3 is 2.53 bits per heavy atom. The lowest BCUT2D eigenvalue weighted by Crippen LogP contribution is -2.35. The summed E-state index contributed by atoms with van der Waals surface area (Å²) in [6.45, 7) is 11.6. The highest BCUT2D eigenvalue weighted by atomic mass is 79.9. The SMILES string of the molecule is CC(C)(C)c1nc(CN2CCCN(C(=O)c3ccc(Cn4cc(Br)cn4)cc3)CC2)cs1. The number of nitrogens with zero attached hydrogens (tertiary/aromatic N) is 5. The molecule has 4 rings (SSSR count). The first-order valence-corrected chi connectivity index (χ1v) is 12.7. The molecule has 8 heteroatoms. The van der Waals surface area contributed by atoms with E-state index in [0.717, 1.165) is 60.4 Å². The number of hydrogen-bond acceptors (Lipinski definition) is 5. The van der Waals surface area contributed by atoms with Gasteiger partial charge in [0.2, 0.25) is 0 Å². The molecule has 3 heterocycles. The molecule has 6 nitrogen and oxygen atoms in total. The molecule has 0 bridgehead atoms. The van der Waals surface area contributed by atoms with Crippen LogP contribution in [-0.4, -0.2) is 56.7 Å². The highest BCUT2D eigenvalue weighted by molar-refractivity contribution is 9.10. The van der Waals surface area contributed by atoms with Gasteiger partial charge in [-0.15, -0.1) is 11.3 Å². The summed E-state index contributed by atoms with van der Waals surface area (Å²) in [6, 6.07) is 7.90. The number of rotatable bonds is 5. The van der Waals surface area contributed by atoms with E-state index in [1.165, 1.54) is 5.01 Å². The molecule has 2 aromatic heterocycles. The molecule has 0 N–H and O–H groups in total. The topological polar surface area (TPSA) is 54.3 Å². The predicted octanol–water partition coefficient (Wildman–Crippen LogP) is 4.80. The zero-order valence-electron chi connectivity index (χ0n) is 18.9.